The number of carbonyl (C=O) groups is 2. The third-order valence-corrected chi connectivity index (χ3v) is 6.79. The number of ether oxygens (including phenoxy) is 2. The summed E-state index contributed by atoms with van der Waals surface area (Å²) in [5, 5.41) is 15.9. The molecule has 2 aliphatic rings. The normalized spacial score (nSPS) is 16.2. The van der Waals surface area contributed by atoms with E-state index < -0.39 is 17.8 Å². The number of rotatable bonds is 6. The summed E-state index contributed by atoms with van der Waals surface area (Å²) < 4.78 is 36.0. The highest BCUT2D eigenvalue weighted by Crippen LogP contribution is 2.52. The van der Waals surface area contributed by atoms with Gasteiger partial charge in [-0.1, -0.05) is 54.6 Å². The van der Waals surface area contributed by atoms with E-state index in [1.165, 1.54) is 12.1 Å². The molecule has 192 valence electrons. The lowest BCUT2D eigenvalue weighted by molar-refractivity contribution is -0.286. The molecule has 3 N–H and O–H groups in total. The van der Waals surface area contributed by atoms with E-state index in [0.29, 0.717) is 29.9 Å². The summed E-state index contributed by atoms with van der Waals surface area (Å²) in [4.78, 5) is 29.0. The first-order chi connectivity index (χ1) is 18.2. The molecule has 2 heterocycles. The van der Waals surface area contributed by atoms with Gasteiger partial charge in [0.05, 0.1) is 11.1 Å². The smallest absolute Gasteiger partial charge is 0.465 e. The lowest BCUT2D eigenvalue weighted by Gasteiger charge is -2.17. The quantitative estimate of drug-likeness (QED) is 0.304. The Labute approximate surface area is 215 Å². The number of fused-ring (bicyclic) bond motifs is 2. The molecule has 2 amide bonds. The number of hydrogen-bond acceptors (Lipinski definition) is 5. The molecule has 0 radical (unpaired) electrons. The number of carboxylic acid groups (broad SMARTS) is 1. The summed E-state index contributed by atoms with van der Waals surface area (Å²) in [5.74, 6) is -0.0916. The van der Waals surface area contributed by atoms with Gasteiger partial charge < -0.3 is 25.2 Å². The van der Waals surface area contributed by atoms with Crippen LogP contribution in [0.15, 0.2) is 72.8 Å². The molecule has 0 bridgehead atoms. The standard InChI is InChI=1S/C28H21F2N3O5/c29-28(30)37-21-10-9-19(14-22(21)38-28)27(11-12-27)25(34)33-23-13-18-3-1-2-4-20(18)24(32-23)17-7-5-16(6-8-17)15-31-26(35)36/h1-10,13-14,31H,11-12,15H2,(H,35,36)(H,32,33,34). The SMILES string of the molecule is O=C(O)NCc1ccc(-c2nc(NC(=O)C3(c4ccc5c(c4)OC(F)(F)O5)CC3)cc3ccccc23)cc1. The monoisotopic (exact) mass is 517 g/mol. The Kier molecular flexibility index (Phi) is 5.41. The number of amides is 2. The number of carbonyl (C=O) groups excluding carboxylic acids is 1. The van der Waals surface area contributed by atoms with Crippen LogP contribution in [0.5, 0.6) is 11.5 Å². The van der Waals surface area contributed by atoms with E-state index in [1.54, 1.807) is 12.1 Å². The van der Waals surface area contributed by atoms with Crippen LogP contribution in [0.3, 0.4) is 0 Å². The summed E-state index contributed by atoms with van der Waals surface area (Å²) in [5.41, 5.74) is 1.95. The fourth-order valence-electron chi connectivity index (χ4n) is 4.70. The van der Waals surface area contributed by atoms with E-state index in [4.69, 9.17) is 10.1 Å². The zero-order valence-electron chi connectivity index (χ0n) is 19.8. The maximum Gasteiger partial charge on any atom is 0.586 e. The van der Waals surface area contributed by atoms with Crippen molar-refractivity contribution in [1.29, 1.82) is 0 Å². The predicted molar refractivity (Wildman–Crippen MR) is 134 cm³/mol. The minimum atomic E-state index is -3.73. The van der Waals surface area contributed by atoms with Gasteiger partial charge in [-0.15, -0.1) is 8.78 Å². The molecule has 1 fully saturated rings. The summed E-state index contributed by atoms with van der Waals surface area (Å²) in [6, 6.07) is 21.2. The third kappa shape index (κ3) is 4.34. The second kappa shape index (κ2) is 8.69. The van der Waals surface area contributed by atoms with Crippen LogP contribution in [-0.4, -0.2) is 28.4 Å². The fraction of sp³-hybridized carbons (Fsp3) is 0.179. The van der Waals surface area contributed by atoms with E-state index in [9.17, 15) is 18.4 Å². The van der Waals surface area contributed by atoms with Gasteiger partial charge in [0.1, 0.15) is 5.82 Å². The lowest BCUT2D eigenvalue weighted by atomic mass is 9.94. The van der Waals surface area contributed by atoms with Crippen LogP contribution >= 0.6 is 0 Å². The molecule has 1 aromatic heterocycles. The molecule has 3 aromatic carbocycles. The van der Waals surface area contributed by atoms with Crippen molar-refractivity contribution in [1.82, 2.24) is 10.3 Å². The van der Waals surface area contributed by atoms with Gasteiger partial charge >= 0.3 is 12.4 Å². The van der Waals surface area contributed by atoms with Crippen LogP contribution < -0.4 is 20.1 Å². The second-order valence-electron chi connectivity index (χ2n) is 9.30. The molecule has 10 heteroatoms. The zero-order valence-corrected chi connectivity index (χ0v) is 19.8. The minimum Gasteiger partial charge on any atom is -0.465 e. The number of aromatic nitrogens is 1. The van der Waals surface area contributed by atoms with Gasteiger partial charge in [-0.2, -0.15) is 0 Å². The van der Waals surface area contributed by atoms with E-state index in [-0.39, 0.29) is 24.0 Å². The van der Waals surface area contributed by atoms with Crippen LogP contribution in [-0.2, 0) is 16.8 Å². The molecule has 1 saturated carbocycles. The molecule has 0 spiro atoms. The first-order valence-corrected chi connectivity index (χ1v) is 11.9. The number of hydrogen-bond donors (Lipinski definition) is 3. The average molecular weight is 517 g/mol. The first kappa shape index (κ1) is 23.7. The minimum absolute atomic E-state index is 0.0689. The van der Waals surface area contributed by atoms with E-state index in [1.807, 2.05) is 48.5 Å². The highest BCUT2D eigenvalue weighted by Gasteiger charge is 2.53. The highest BCUT2D eigenvalue weighted by molar-refractivity contribution is 6.03. The predicted octanol–water partition coefficient (Wildman–Crippen LogP) is 5.66. The van der Waals surface area contributed by atoms with Crippen molar-refractivity contribution < 1.29 is 33.0 Å². The zero-order chi connectivity index (χ0) is 26.5. The second-order valence-corrected chi connectivity index (χ2v) is 9.30. The largest absolute Gasteiger partial charge is 0.586 e. The maximum atomic E-state index is 13.5. The van der Waals surface area contributed by atoms with E-state index >= 15 is 0 Å². The van der Waals surface area contributed by atoms with Gasteiger partial charge in [0.2, 0.25) is 5.91 Å². The summed E-state index contributed by atoms with van der Waals surface area (Å²) >= 11 is 0. The van der Waals surface area contributed by atoms with Crippen LogP contribution in [0.4, 0.5) is 19.4 Å². The molecule has 1 aliphatic heterocycles. The number of pyridine rings is 1. The highest BCUT2D eigenvalue weighted by atomic mass is 19.3. The van der Waals surface area contributed by atoms with Crippen molar-refractivity contribution in [3.05, 3.63) is 83.9 Å². The number of anilines is 1. The Balaban J connectivity index is 1.29. The van der Waals surface area contributed by atoms with Gasteiger partial charge in [0.15, 0.2) is 11.5 Å². The Morgan fingerprint density at radius 2 is 1.68 bits per heavy atom. The van der Waals surface area contributed by atoms with Gasteiger partial charge in [-0.05, 0) is 47.6 Å². The van der Waals surface area contributed by atoms with Gasteiger partial charge in [-0.3, -0.25) is 4.79 Å². The summed E-state index contributed by atoms with van der Waals surface area (Å²) in [7, 11) is 0. The van der Waals surface area contributed by atoms with Crippen LogP contribution in [0, 0.1) is 0 Å². The molecule has 1 aliphatic carbocycles. The number of benzene rings is 3. The third-order valence-electron chi connectivity index (χ3n) is 6.79. The molecule has 8 nitrogen and oxygen atoms in total. The number of nitrogens with one attached hydrogen (secondary N) is 2. The summed E-state index contributed by atoms with van der Waals surface area (Å²) in [6.07, 6.45) is -3.71. The van der Waals surface area contributed by atoms with Crippen LogP contribution in [0.2, 0.25) is 0 Å². The first-order valence-electron chi connectivity index (χ1n) is 11.9. The van der Waals surface area contributed by atoms with Crippen LogP contribution in [0.1, 0.15) is 24.0 Å². The topological polar surface area (TPSA) is 110 Å². The molecular weight excluding hydrogens is 496 g/mol. The number of halogens is 2. The Morgan fingerprint density at radius 1 is 0.947 bits per heavy atom. The van der Waals surface area contributed by atoms with E-state index in [0.717, 1.165) is 21.9 Å². The molecule has 6 rings (SSSR count). The van der Waals surface area contributed by atoms with Gasteiger partial charge in [-0.25, -0.2) is 9.78 Å². The maximum absolute atomic E-state index is 13.5. The lowest BCUT2D eigenvalue weighted by Crippen LogP contribution is -2.28. The molecule has 4 aromatic rings. The van der Waals surface area contributed by atoms with Crippen molar-refractivity contribution in [3.63, 3.8) is 0 Å². The van der Waals surface area contributed by atoms with Crippen LogP contribution in [0.25, 0.3) is 22.0 Å². The van der Waals surface area contributed by atoms with Crippen molar-refractivity contribution in [2.75, 3.05) is 5.32 Å². The number of alkyl halides is 2. The Bertz CT molecular complexity index is 1590. The van der Waals surface area contributed by atoms with Crippen molar-refractivity contribution in [2.24, 2.45) is 0 Å². The summed E-state index contributed by atoms with van der Waals surface area (Å²) in [6.45, 7) is 0.180. The van der Waals surface area contributed by atoms with E-state index in [2.05, 4.69) is 20.1 Å². The van der Waals surface area contributed by atoms with Crippen molar-refractivity contribution in [3.8, 4) is 22.8 Å². The average Bonchev–Trinajstić information content (AvgIpc) is 3.64. The Hall–Kier alpha value is -4.73. The van der Waals surface area contributed by atoms with Gasteiger partial charge in [0, 0.05) is 17.5 Å². The molecular formula is C28H21F2N3O5. The Morgan fingerprint density at radius 3 is 2.42 bits per heavy atom. The molecule has 0 unspecified atom stereocenters. The van der Waals surface area contributed by atoms with Gasteiger partial charge in [0.25, 0.3) is 0 Å². The number of nitrogens with zero attached hydrogens (tertiary/aromatic N) is 1. The van der Waals surface area contributed by atoms with Crippen molar-refractivity contribution in [2.45, 2.75) is 31.1 Å². The molecule has 38 heavy (non-hydrogen) atoms. The van der Waals surface area contributed by atoms with Crippen molar-refractivity contribution >= 4 is 28.6 Å². The molecule has 0 saturated heterocycles. The fourth-order valence-corrected chi connectivity index (χ4v) is 4.70. The molecule has 0 atom stereocenters.